The normalized spacial score (nSPS) is 27.9. The van der Waals surface area contributed by atoms with Crippen LogP contribution >= 0.6 is 0 Å². The number of nitrogens with zero attached hydrogens (tertiary/aromatic N) is 4. The van der Waals surface area contributed by atoms with Crippen molar-refractivity contribution < 1.29 is 14.5 Å². The van der Waals surface area contributed by atoms with Crippen LogP contribution in [-0.4, -0.2) is 32.5 Å². The minimum absolute atomic E-state index is 0.0187. The Hall–Kier alpha value is -3.55. The summed E-state index contributed by atoms with van der Waals surface area (Å²) >= 11 is 0. The number of carbonyl (C=O) groups is 2. The van der Waals surface area contributed by atoms with Crippen molar-refractivity contribution in [2.45, 2.75) is 6.42 Å². The number of nitro benzene ring substituents is 1. The Morgan fingerprint density at radius 2 is 1.79 bits per heavy atom. The van der Waals surface area contributed by atoms with Crippen molar-refractivity contribution in [1.29, 1.82) is 0 Å². The summed E-state index contributed by atoms with van der Waals surface area (Å²) in [5.41, 5.74) is 1.19. The average Bonchev–Trinajstić information content (AvgIpc) is 3.45. The van der Waals surface area contributed by atoms with E-state index in [2.05, 4.69) is 5.10 Å². The van der Waals surface area contributed by atoms with Gasteiger partial charge in [0.2, 0.25) is 0 Å². The third-order valence-corrected chi connectivity index (χ3v) is 5.85. The van der Waals surface area contributed by atoms with E-state index in [1.807, 2.05) is 12.2 Å². The first-order chi connectivity index (χ1) is 13.5. The van der Waals surface area contributed by atoms with E-state index in [9.17, 15) is 19.7 Å². The molecule has 8 heteroatoms. The molecule has 5 rings (SSSR count). The van der Waals surface area contributed by atoms with Gasteiger partial charge in [0, 0.05) is 18.3 Å². The number of amides is 2. The molecule has 4 unspecified atom stereocenters. The molecule has 2 amide bonds. The lowest BCUT2D eigenvalue weighted by molar-refractivity contribution is -0.384. The van der Waals surface area contributed by atoms with Gasteiger partial charge in [-0.25, -0.2) is 0 Å². The van der Waals surface area contributed by atoms with Crippen LogP contribution in [0, 0.1) is 33.8 Å². The van der Waals surface area contributed by atoms with Crippen LogP contribution in [0.1, 0.15) is 12.1 Å². The van der Waals surface area contributed by atoms with Crippen LogP contribution in [0.2, 0.25) is 0 Å². The molecule has 0 spiro atoms. The Morgan fingerprint density at radius 1 is 1.07 bits per heavy atom. The largest absolute Gasteiger partial charge is 0.315 e. The van der Waals surface area contributed by atoms with Gasteiger partial charge in [-0.2, -0.15) is 10.1 Å². The van der Waals surface area contributed by atoms with E-state index in [1.165, 1.54) is 18.3 Å². The minimum Gasteiger partial charge on any atom is -0.315 e. The highest BCUT2D eigenvalue weighted by Crippen LogP contribution is 2.52. The number of hydrogen-bond acceptors (Lipinski definition) is 5. The number of hydrogen-bond donors (Lipinski definition) is 0. The van der Waals surface area contributed by atoms with Gasteiger partial charge in [-0.05, 0) is 36.5 Å². The Kier molecular flexibility index (Phi) is 3.55. The first-order valence-electron chi connectivity index (χ1n) is 9.07. The molecule has 140 valence electrons. The van der Waals surface area contributed by atoms with Crippen LogP contribution in [0.3, 0.4) is 0 Å². The number of imide groups is 1. The fraction of sp³-hybridized carbons (Fsp3) is 0.250. The Balaban J connectivity index is 1.43. The molecule has 2 aromatic rings. The van der Waals surface area contributed by atoms with Gasteiger partial charge in [-0.1, -0.05) is 18.2 Å². The van der Waals surface area contributed by atoms with E-state index in [0.717, 1.165) is 11.4 Å². The molecule has 2 aliphatic carbocycles. The molecule has 2 fully saturated rings. The molecule has 3 aliphatic rings. The molecule has 28 heavy (non-hydrogen) atoms. The second-order valence-corrected chi connectivity index (χ2v) is 7.31. The molecule has 1 aromatic carbocycles. The standard InChI is InChI=1S/C20H16N4O4/c25-19-17-12-6-7-13(9-12)18(17)20(26)23(19)21-11-16-5-2-8-22(16)14-3-1-4-15(10-14)24(27)28/h1-8,10-13,17-18H,9H2. The number of benzene rings is 1. The number of allylic oxidation sites excluding steroid dienone is 2. The van der Waals surface area contributed by atoms with Crippen molar-refractivity contribution in [2.24, 2.45) is 28.8 Å². The van der Waals surface area contributed by atoms with Crippen molar-refractivity contribution in [3.8, 4) is 5.69 Å². The maximum absolute atomic E-state index is 12.7. The Morgan fingerprint density at radius 3 is 2.46 bits per heavy atom. The molecular weight excluding hydrogens is 360 g/mol. The van der Waals surface area contributed by atoms with Gasteiger partial charge in [0.1, 0.15) is 0 Å². The molecule has 0 N–H and O–H groups in total. The average molecular weight is 376 g/mol. The number of nitro groups is 1. The third kappa shape index (κ3) is 2.34. The van der Waals surface area contributed by atoms with Gasteiger partial charge in [0.05, 0.1) is 34.4 Å². The highest BCUT2D eigenvalue weighted by atomic mass is 16.6. The lowest BCUT2D eigenvalue weighted by Gasteiger charge is -2.13. The van der Waals surface area contributed by atoms with E-state index >= 15 is 0 Å². The fourth-order valence-electron chi connectivity index (χ4n) is 4.61. The summed E-state index contributed by atoms with van der Waals surface area (Å²) in [5, 5.41) is 16.2. The molecule has 1 saturated heterocycles. The zero-order chi connectivity index (χ0) is 19.4. The van der Waals surface area contributed by atoms with E-state index in [1.54, 1.807) is 35.0 Å². The zero-order valence-electron chi connectivity index (χ0n) is 14.7. The first kappa shape index (κ1) is 16.6. The molecule has 1 aromatic heterocycles. The van der Waals surface area contributed by atoms with Gasteiger partial charge in [0.15, 0.2) is 0 Å². The summed E-state index contributed by atoms with van der Waals surface area (Å²) in [6, 6.07) is 9.75. The highest BCUT2D eigenvalue weighted by molar-refractivity contribution is 6.06. The predicted molar refractivity (Wildman–Crippen MR) is 99.6 cm³/mol. The van der Waals surface area contributed by atoms with Crippen molar-refractivity contribution >= 4 is 23.7 Å². The number of aromatic nitrogens is 1. The Labute approximate surface area is 159 Å². The maximum Gasteiger partial charge on any atom is 0.271 e. The topological polar surface area (TPSA) is 97.8 Å². The first-order valence-corrected chi connectivity index (χ1v) is 9.07. The molecule has 4 atom stereocenters. The zero-order valence-corrected chi connectivity index (χ0v) is 14.7. The number of hydrazone groups is 1. The van der Waals surface area contributed by atoms with Gasteiger partial charge in [-0.3, -0.25) is 19.7 Å². The molecular formula is C20H16N4O4. The van der Waals surface area contributed by atoms with Crippen molar-refractivity contribution in [1.82, 2.24) is 9.58 Å². The summed E-state index contributed by atoms with van der Waals surface area (Å²) in [6.07, 6.45) is 8.15. The molecule has 1 saturated carbocycles. The lowest BCUT2D eigenvalue weighted by Crippen LogP contribution is -2.28. The number of rotatable bonds is 4. The summed E-state index contributed by atoms with van der Waals surface area (Å²) in [6.45, 7) is 0. The molecule has 8 nitrogen and oxygen atoms in total. The van der Waals surface area contributed by atoms with Gasteiger partial charge in [0.25, 0.3) is 17.5 Å². The van der Waals surface area contributed by atoms with E-state index in [0.29, 0.717) is 11.4 Å². The van der Waals surface area contributed by atoms with E-state index in [4.69, 9.17) is 0 Å². The van der Waals surface area contributed by atoms with Crippen LogP contribution in [0.5, 0.6) is 0 Å². The fourth-order valence-corrected chi connectivity index (χ4v) is 4.61. The quantitative estimate of drug-likeness (QED) is 0.269. The second kappa shape index (κ2) is 5.98. The van der Waals surface area contributed by atoms with Crippen molar-refractivity contribution in [3.63, 3.8) is 0 Å². The minimum atomic E-state index is -0.455. The van der Waals surface area contributed by atoms with Gasteiger partial charge in [-0.15, -0.1) is 0 Å². The number of carbonyl (C=O) groups excluding carboxylic acids is 2. The maximum atomic E-state index is 12.7. The summed E-state index contributed by atoms with van der Waals surface area (Å²) in [5.74, 6) is -0.778. The number of fused-ring (bicyclic) bond motifs is 5. The third-order valence-electron chi connectivity index (χ3n) is 5.85. The van der Waals surface area contributed by atoms with Gasteiger partial charge < -0.3 is 4.57 Å². The summed E-state index contributed by atoms with van der Waals surface area (Å²) in [4.78, 5) is 36.0. The Bertz CT molecular complexity index is 1040. The van der Waals surface area contributed by atoms with Crippen LogP contribution in [0.4, 0.5) is 5.69 Å². The van der Waals surface area contributed by atoms with Crippen LogP contribution in [0.15, 0.2) is 59.8 Å². The van der Waals surface area contributed by atoms with Crippen LogP contribution < -0.4 is 0 Å². The summed E-state index contributed by atoms with van der Waals surface area (Å²) < 4.78 is 1.72. The van der Waals surface area contributed by atoms with Crippen LogP contribution in [0.25, 0.3) is 5.69 Å². The predicted octanol–water partition coefficient (Wildman–Crippen LogP) is 2.53. The molecule has 1 aliphatic heterocycles. The van der Waals surface area contributed by atoms with E-state index < -0.39 is 4.92 Å². The van der Waals surface area contributed by atoms with E-state index in [-0.39, 0.29) is 41.2 Å². The molecule has 2 bridgehead atoms. The van der Waals surface area contributed by atoms with Crippen molar-refractivity contribution in [2.75, 3.05) is 0 Å². The summed E-state index contributed by atoms with van der Waals surface area (Å²) in [7, 11) is 0. The smallest absolute Gasteiger partial charge is 0.271 e. The molecule has 2 heterocycles. The molecule has 0 radical (unpaired) electrons. The SMILES string of the molecule is O=C1C2C3C=CC(C3)C2C(=O)N1N=Cc1cccn1-c1cccc([N+](=O)[O-])c1. The van der Waals surface area contributed by atoms with Crippen LogP contribution in [-0.2, 0) is 9.59 Å². The lowest BCUT2D eigenvalue weighted by atomic mass is 9.85. The highest BCUT2D eigenvalue weighted by Gasteiger charge is 2.59. The number of non-ortho nitro benzene ring substituents is 1. The second-order valence-electron chi connectivity index (χ2n) is 7.31. The monoisotopic (exact) mass is 376 g/mol. The van der Waals surface area contributed by atoms with Crippen molar-refractivity contribution in [3.05, 3.63) is 70.6 Å². The van der Waals surface area contributed by atoms with Gasteiger partial charge >= 0.3 is 0 Å².